The van der Waals surface area contributed by atoms with Crippen LogP contribution in [0.5, 0.6) is 11.5 Å². The molecular weight excluding hydrogens is 268 g/mol. The molecular formula is C14H11F2NO3. The number of para-hydroxylation sites is 2. The molecule has 2 aromatic carbocycles. The zero-order chi connectivity index (χ0) is 14.5. The molecule has 0 radical (unpaired) electrons. The second-order valence-corrected chi connectivity index (χ2v) is 3.87. The van der Waals surface area contributed by atoms with Gasteiger partial charge in [-0.2, -0.15) is 8.78 Å². The van der Waals surface area contributed by atoms with E-state index in [2.05, 4.69) is 10.1 Å². The smallest absolute Gasteiger partial charge is 0.387 e. The van der Waals surface area contributed by atoms with E-state index < -0.39 is 12.5 Å². The van der Waals surface area contributed by atoms with Gasteiger partial charge in [0.2, 0.25) is 0 Å². The number of phenolic OH excluding ortho intramolecular Hbond substituents is 1. The average Bonchev–Trinajstić information content (AvgIpc) is 2.41. The summed E-state index contributed by atoms with van der Waals surface area (Å²) in [6.45, 7) is -2.91. The molecule has 1 amide bonds. The molecule has 0 aliphatic heterocycles. The van der Waals surface area contributed by atoms with Gasteiger partial charge in [-0.3, -0.25) is 4.79 Å². The topological polar surface area (TPSA) is 58.6 Å². The Morgan fingerprint density at radius 2 is 1.75 bits per heavy atom. The van der Waals surface area contributed by atoms with Crippen LogP contribution >= 0.6 is 0 Å². The number of benzene rings is 2. The molecule has 2 aromatic rings. The van der Waals surface area contributed by atoms with Crippen LogP contribution in [0.25, 0.3) is 0 Å². The van der Waals surface area contributed by atoms with E-state index in [0.29, 0.717) is 0 Å². The number of ether oxygens (including phenoxy) is 1. The molecule has 0 saturated heterocycles. The van der Waals surface area contributed by atoms with Gasteiger partial charge in [0, 0.05) is 5.56 Å². The molecule has 20 heavy (non-hydrogen) atoms. The van der Waals surface area contributed by atoms with Crippen LogP contribution in [0.2, 0.25) is 0 Å². The highest BCUT2D eigenvalue weighted by molar-refractivity contribution is 6.05. The molecule has 4 nitrogen and oxygen atoms in total. The number of aromatic hydroxyl groups is 1. The Labute approximate surface area is 113 Å². The summed E-state index contributed by atoms with van der Waals surface area (Å²) in [6, 6.07) is 11.5. The number of rotatable bonds is 4. The fourth-order valence-corrected chi connectivity index (χ4v) is 1.56. The number of amides is 1. The van der Waals surface area contributed by atoms with Crippen molar-refractivity contribution in [3.05, 3.63) is 54.1 Å². The highest BCUT2D eigenvalue weighted by atomic mass is 19.3. The van der Waals surface area contributed by atoms with E-state index in [0.717, 1.165) is 0 Å². The molecule has 0 saturated carbocycles. The minimum absolute atomic E-state index is 0.0286. The van der Waals surface area contributed by atoms with Crippen molar-refractivity contribution < 1.29 is 23.4 Å². The first kappa shape index (κ1) is 13.8. The van der Waals surface area contributed by atoms with Crippen LogP contribution in [-0.4, -0.2) is 17.6 Å². The van der Waals surface area contributed by atoms with E-state index in [9.17, 15) is 18.7 Å². The molecule has 0 aliphatic carbocycles. The molecule has 0 bridgehead atoms. The minimum atomic E-state index is -2.91. The normalized spacial score (nSPS) is 10.3. The van der Waals surface area contributed by atoms with Crippen LogP contribution in [0.15, 0.2) is 48.5 Å². The summed E-state index contributed by atoms with van der Waals surface area (Å²) in [6.07, 6.45) is 0. The number of halogens is 2. The molecule has 0 spiro atoms. The third kappa shape index (κ3) is 3.44. The Balaban J connectivity index is 2.08. The lowest BCUT2D eigenvalue weighted by molar-refractivity contribution is -0.0498. The van der Waals surface area contributed by atoms with Gasteiger partial charge in [0.15, 0.2) is 0 Å². The number of carbonyl (C=O) groups is 1. The molecule has 0 heterocycles. The lowest BCUT2D eigenvalue weighted by Crippen LogP contribution is -2.12. The van der Waals surface area contributed by atoms with Crippen molar-refractivity contribution in [1.29, 1.82) is 0 Å². The van der Waals surface area contributed by atoms with Crippen molar-refractivity contribution in [2.75, 3.05) is 5.32 Å². The summed E-state index contributed by atoms with van der Waals surface area (Å²) in [5.74, 6) is -0.548. The molecule has 0 fully saturated rings. The number of phenols is 1. The van der Waals surface area contributed by atoms with Gasteiger partial charge in [-0.1, -0.05) is 12.1 Å². The van der Waals surface area contributed by atoms with E-state index in [1.165, 1.54) is 30.3 Å². The van der Waals surface area contributed by atoms with Crippen LogP contribution in [0.1, 0.15) is 10.4 Å². The molecule has 0 aromatic heterocycles. The average molecular weight is 279 g/mol. The molecule has 6 heteroatoms. The molecule has 0 atom stereocenters. The Kier molecular flexibility index (Phi) is 4.14. The number of carbonyl (C=O) groups excluding carboxylic acids is 1. The lowest BCUT2D eigenvalue weighted by Gasteiger charge is -2.08. The third-order valence-corrected chi connectivity index (χ3v) is 2.49. The highest BCUT2D eigenvalue weighted by Crippen LogP contribution is 2.22. The van der Waals surface area contributed by atoms with Crippen LogP contribution in [0.3, 0.4) is 0 Å². The Bertz CT molecular complexity index is 600. The zero-order valence-corrected chi connectivity index (χ0v) is 10.2. The van der Waals surface area contributed by atoms with Crippen molar-refractivity contribution >= 4 is 11.6 Å². The monoisotopic (exact) mass is 279 g/mol. The number of nitrogens with one attached hydrogen (secondary N) is 1. The maximum absolute atomic E-state index is 12.0. The van der Waals surface area contributed by atoms with Crippen molar-refractivity contribution in [3.8, 4) is 11.5 Å². The Morgan fingerprint density at radius 3 is 2.35 bits per heavy atom. The maximum atomic E-state index is 12.0. The van der Waals surface area contributed by atoms with E-state index in [1.807, 2.05) is 0 Å². The Hall–Kier alpha value is -2.63. The number of alkyl halides is 2. The van der Waals surface area contributed by atoms with Gasteiger partial charge in [0.1, 0.15) is 11.5 Å². The van der Waals surface area contributed by atoms with E-state index in [4.69, 9.17) is 0 Å². The summed E-state index contributed by atoms with van der Waals surface area (Å²) in [5, 5.41) is 12.0. The molecule has 2 rings (SSSR count). The second kappa shape index (κ2) is 6.01. The van der Waals surface area contributed by atoms with Crippen molar-refractivity contribution in [2.45, 2.75) is 6.61 Å². The van der Waals surface area contributed by atoms with Crippen LogP contribution < -0.4 is 10.1 Å². The lowest BCUT2D eigenvalue weighted by atomic mass is 10.2. The summed E-state index contributed by atoms with van der Waals surface area (Å²) in [7, 11) is 0. The summed E-state index contributed by atoms with van der Waals surface area (Å²) in [4.78, 5) is 11.9. The Morgan fingerprint density at radius 1 is 1.10 bits per heavy atom. The van der Waals surface area contributed by atoms with Crippen molar-refractivity contribution in [2.24, 2.45) is 0 Å². The maximum Gasteiger partial charge on any atom is 0.387 e. The van der Waals surface area contributed by atoms with Gasteiger partial charge in [-0.05, 0) is 36.4 Å². The van der Waals surface area contributed by atoms with E-state index >= 15 is 0 Å². The second-order valence-electron chi connectivity index (χ2n) is 3.87. The van der Waals surface area contributed by atoms with Crippen LogP contribution in [-0.2, 0) is 0 Å². The van der Waals surface area contributed by atoms with Gasteiger partial charge in [0.25, 0.3) is 5.91 Å². The van der Waals surface area contributed by atoms with Gasteiger partial charge < -0.3 is 15.2 Å². The fraction of sp³-hybridized carbons (Fsp3) is 0.0714. The number of hydrogen-bond acceptors (Lipinski definition) is 3. The first-order valence-electron chi connectivity index (χ1n) is 5.70. The first-order chi connectivity index (χ1) is 9.56. The van der Waals surface area contributed by atoms with Gasteiger partial charge >= 0.3 is 6.61 Å². The van der Waals surface area contributed by atoms with Crippen molar-refractivity contribution in [3.63, 3.8) is 0 Å². The van der Waals surface area contributed by atoms with Crippen LogP contribution in [0, 0.1) is 0 Å². The SMILES string of the molecule is O=C(Nc1ccccc1O)c1ccc(OC(F)F)cc1. The van der Waals surface area contributed by atoms with E-state index in [-0.39, 0.29) is 22.7 Å². The summed E-state index contributed by atoms with van der Waals surface area (Å²) in [5.41, 5.74) is 0.528. The van der Waals surface area contributed by atoms with Gasteiger partial charge in [-0.15, -0.1) is 0 Å². The number of hydrogen-bond donors (Lipinski definition) is 2. The molecule has 0 aliphatic rings. The standard InChI is InChI=1S/C14H11F2NO3/c15-14(16)20-10-7-5-9(6-8-10)13(19)17-11-3-1-2-4-12(11)18/h1-8,14,18H,(H,17,19). The first-order valence-corrected chi connectivity index (χ1v) is 5.70. The zero-order valence-electron chi connectivity index (χ0n) is 10.2. The van der Waals surface area contributed by atoms with E-state index in [1.54, 1.807) is 18.2 Å². The van der Waals surface area contributed by atoms with Gasteiger partial charge in [-0.25, -0.2) is 0 Å². The van der Waals surface area contributed by atoms with Gasteiger partial charge in [0.05, 0.1) is 5.69 Å². The third-order valence-electron chi connectivity index (χ3n) is 2.49. The van der Waals surface area contributed by atoms with Crippen molar-refractivity contribution in [1.82, 2.24) is 0 Å². The predicted molar refractivity (Wildman–Crippen MR) is 69.1 cm³/mol. The number of anilines is 1. The summed E-state index contributed by atoms with van der Waals surface area (Å²) < 4.78 is 28.1. The molecule has 2 N–H and O–H groups in total. The predicted octanol–water partition coefficient (Wildman–Crippen LogP) is 3.25. The summed E-state index contributed by atoms with van der Waals surface area (Å²) >= 11 is 0. The highest BCUT2D eigenvalue weighted by Gasteiger charge is 2.09. The molecule has 0 unspecified atom stereocenters. The largest absolute Gasteiger partial charge is 0.506 e. The fourth-order valence-electron chi connectivity index (χ4n) is 1.56. The molecule has 104 valence electrons. The van der Waals surface area contributed by atoms with Crippen LogP contribution in [0.4, 0.5) is 14.5 Å². The minimum Gasteiger partial charge on any atom is -0.506 e. The quantitative estimate of drug-likeness (QED) is 0.845.